The lowest BCUT2D eigenvalue weighted by Gasteiger charge is -2.27. The van der Waals surface area contributed by atoms with Gasteiger partial charge >= 0.3 is 0 Å². The van der Waals surface area contributed by atoms with Crippen LogP contribution < -0.4 is 4.72 Å². The number of carbonyl (C=O) groups is 1. The number of likely N-dealkylation sites (tertiary alicyclic amines) is 1. The normalized spacial score (nSPS) is 14.6. The second-order valence-electron chi connectivity index (χ2n) is 7.84. The highest BCUT2D eigenvalue weighted by Crippen LogP contribution is 2.28. The lowest BCUT2D eigenvalue weighted by molar-refractivity contribution is -0.132. The van der Waals surface area contributed by atoms with Crippen LogP contribution in [-0.4, -0.2) is 41.9 Å². The first-order chi connectivity index (χ1) is 15.3. The number of nitrogens with one attached hydrogen (secondary N) is 1. The van der Waals surface area contributed by atoms with E-state index in [1.54, 1.807) is 34.9 Å². The van der Waals surface area contributed by atoms with Crippen molar-refractivity contribution in [2.24, 2.45) is 0 Å². The summed E-state index contributed by atoms with van der Waals surface area (Å²) in [7, 11) is -3.82. The van der Waals surface area contributed by atoms with Crippen molar-refractivity contribution in [3.8, 4) is 10.7 Å². The van der Waals surface area contributed by atoms with E-state index in [-0.39, 0.29) is 23.9 Å². The van der Waals surface area contributed by atoms with E-state index in [0.29, 0.717) is 21.3 Å². The molecule has 4 rings (SSSR count). The molecule has 0 bridgehead atoms. The van der Waals surface area contributed by atoms with Crippen LogP contribution in [0.3, 0.4) is 0 Å². The Bertz CT molecular complexity index is 1210. The molecule has 10 heteroatoms. The Labute approximate surface area is 197 Å². The van der Waals surface area contributed by atoms with Crippen molar-refractivity contribution in [1.29, 1.82) is 0 Å². The van der Waals surface area contributed by atoms with Gasteiger partial charge in [-0.1, -0.05) is 29.8 Å². The van der Waals surface area contributed by atoms with Crippen molar-refractivity contribution >= 4 is 38.9 Å². The Kier molecular flexibility index (Phi) is 6.99. The summed E-state index contributed by atoms with van der Waals surface area (Å²) < 4.78 is 30.4. The molecule has 0 saturated carbocycles. The van der Waals surface area contributed by atoms with E-state index in [9.17, 15) is 13.2 Å². The van der Waals surface area contributed by atoms with E-state index in [1.807, 2.05) is 17.2 Å². The number of halogens is 1. The van der Waals surface area contributed by atoms with Crippen LogP contribution in [-0.2, 0) is 27.9 Å². The van der Waals surface area contributed by atoms with Crippen LogP contribution in [0.15, 0.2) is 46.8 Å². The van der Waals surface area contributed by atoms with Crippen LogP contribution in [0.25, 0.3) is 10.7 Å². The van der Waals surface area contributed by atoms with Crippen molar-refractivity contribution in [2.75, 3.05) is 13.1 Å². The quantitative estimate of drug-likeness (QED) is 0.539. The molecule has 1 aromatic carbocycles. The van der Waals surface area contributed by atoms with Gasteiger partial charge in [0.25, 0.3) is 0 Å². The minimum absolute atomic E-state index is 0.0113. The van der Waals surface area contributed by atoms with Gasteiger partial charge < -0.3 is 9.47 Å². The topological polar surface area (TPSA) is 84.3 Å². The van der Waals surface area contributed by atoms with Gasteiger partial charge in [0.05, 0.1) is 5.69 Å². The smallest absolute Gasteiger partial charge is 0.242 e. The molecule has 170 valence electrons. The maximum absolute atomic E-state index is 13.0. The maximum Gasteiger partial charge on any atom is 0.242 e. The molecule has 0 spiro atoms. The van der Waals surface area contributed by atoms with Gasteiger partial charge in [0, 0.05) is 41.9 Å². The summed E-state index contributed by atoms with van der Waals surface area (Å²) in [6.07, 6.45) is 4.66. The number of aryl methyl sites for hydroxylation is 1. The Morgan fingerprint density at radius 3 is 2.66 bits per heavy atom. The van der Waals surface area contributed by atoms with Crippen LogP contribution in [0.4, 0.5) is 0 Å². The van der Waals surface area contributed by atoms with Crippen molar-refractivity contribution in [1.82, 2.24) is 19.2 Å². The van der Waals surface area contributed by atoms with Gasteiger partial charge in [-0.25, -0.2) is 18.1 Å². The second kappa shape index (κ2) is 9.74. The standard InChI is InChI=1S/C22H25ClN4O3S2/c1-16-15-31-22(25-16)20-11-18(13-27(20)14-21(28)26-9-5-2-6-10-26)32(29,30)24-12-17-7-3-4-8-19(17)23/h3-4,7-8,11,13,15,24H,2,5-6,9-10,12,14H2,1H3. The minimum Gasteiger partial charge on any atom is -0.341 e. The third kappa shape index (κ3) is 5.23. The van der Waals surface area contributed by atoms with Crippen molar-refractivity contribution in [3.63, 3.8) is 0 Å². The first kappa shape index (κ1) is 23.0. The Balaban J connectivity index is 1.60. The number of hydrogen-bond acceptors (Lipinski definition) is 5. The number of amides is 1. The van der Waals surface area contributed by atoms with Gasteiger partial charge in [-0.2, -0.15) is 0 Å². The molecule has 1 saturated heterocycles. The SMILES string of the molecule is Cc1csc(-c2cc(S(=O)(=O)NCc3ccccc3Cl)cn2CC(=O)N2CCCCC2)n1. The molecule has 32 heavy (non-hydrogen) atoms. The second-order valence-corrected chi connectivity index (χ2v) is 10.9. The van der Waals surface area contributed by atoms with Gasteiger partial charge in [0.1, 0.15) is 16.4 Å². The number of piperidine rings is 1. The molecule has 2 aromatic heterocycles. The largest absolute Gasteiger partial charge is 0.341 e. The summed E-state index contributed by atoms with van der Waals surface area (Å²) in [4.78, 5) is 19.3. The van der Waals surface area contributed by atoms with Crippen molar-refractivity contribution in [2.45, 2.75) is 44.2 Å². The monoisotopic (exact) mass is 492 g/mol. The molecule has 0 unspecified atom stereocenters. The molecule has 1 amide bonds. The van der Waals surface area contributed by atoms with E-state index in [1.165, 1.54) is 17.5 Å². The number of hydrogen-bond donors (Lipinski definition) is 1. The number of sulfonamides is 1. The average Bonchev–Trinajstić information content (AvgIpc) is 3.40. The van der Waals surface area contributed by atoms with Gasteiger partial charge in [-0.3, -0.25) is 4.79 Å². The lowest BCUT2D eigenvalue weighted by Crippen LogP contribution is -2.37. The molecule has 3 aromatic rings. The van der Waals surface area contributed by atoms with Gasteiger partial charge in [-0.15, -0.1) is 11.3 Å². The Morgan fingerprint density at radius 2 is 1.97 bits per heavy atom. The van der Waals surface area contributed by atoms with Gasteiger partial charge in [0.2, 0.25) is 15.9 Å². The number of thiazole rings is 1. The van der Waals surface area contributed by atoms with E-state index >= 15 is 0 Å². The minimum atomic E-state index is -3.82. The number of rotatable bonds is 7. The third-order valence-corrected chi connectivity index (χ3v) is 8.16. The zero-order valence-electron chi connectivity index (χ0n) is 17.8. The summed E-state index contributed by atoms with van der Waals surface area (Å²) in [6, 6.07) is 8.67. The molecule has 7 nitrogen and oxygen atoms in total. The number of benzene rings is 1. The molecule has 1 N–H and O–H groups in total. The third-order valence-electron chi connectivity index (χ3n) is 5.44. The predicted molar refractivity (Wildman–Crippen MR) is 126 cm³/mol. The van der Waals surface area contributed by atoms with Crippen molar-refractivity contribution < 1.29 is 13.2 Å². The number of aromatic nitrogens is 2. The first-order valence-electron chi connectivity index (χ1n) is 10.5. The van der Waals surface area contributed by atoms with E-state index in [0.717, 1.165) is 38.0 Å². The summed E-state index contributed by atoms with van der Waals surface area (Å²) in [6.45, 7) is 3.53. The number of carbonyl (C=O) groups excluding carboxylic acids is 1. The van der Waals surface area contributed by atoms with Crippen molar-refractivity contribution in [3.05, 3.63) is 58.2 Å². The van der Waals surface area contributed by atoms with Crippen LogP contribution in [0.5, 0.6) is 0 Å². The molecule has 3 heterocycles. The zero-order valence-corrected chi connectivity index (χ0v) is 20.1. The zero-order chi connectivity index (χ0) is 22.7. The molecule has 0 atom stereocenters. The first-order valence-corrected chi connectivity index (χ1v) is 13.2. The van der Waals surface area contributed by atoms with Gasteiger partial charge in [-0.05, 0) is 43.9 Å². The fourth-order valence-corrected chi connectivity index (χ4v) is 5.77. The molecule has 1 aliphatic heterocycles. The highest BCUT2D eigenvalue weighted by molar-refractivity contribution is 7.89. The highest BCUT2D eigenvalue weighted by Gasteiger charge is 2.23. The molecule has 1 fully saturated rings. The Hall–Kier alpha value is -2.20. The lowest BCUT2D eigenvalue weighted by atomic mass is 10.1. The molecular weight excluding hydrogens is 468 g/mol. The van der Waals surface area contributed by atoms with Crippen LogP contribution in [0.2, 0.25) is 5.02 Å². The van der Waals surface area contributed by atoms with Crippen LogP contribution in [0.1, 0.15) is 30.5 Å². The average molecular weight is 493 g/mol. The maximum atomic E-state index is 13.0. The molecule has 0 aliphatic carbocycles. The summed E-state index contributed by atoms with van der Waals surface area (Å²) in [5.41, 5.74) is 2.15. The van der Waals surface area contributed by atoms with Gasteiger partial charge in [0.15, 0.2) is 0 Å². The molecular formula is C22H25ClN4O3S2. The van der Waals surface area contributed by atoms with E-state index in [4.69, 9.17) is 11.6 Å². The Morgan fingerprint density at radius 1 is 1.22 bits per heavy atom. The fraction of sp³-hybridized carbons (Fsp3) is 0.364. The predicted octanol–water partition coefficient (Wildman–Crippen LogP) is 4.06. The summed E-state index contributed by atoms with van der Waals surface area (Å²) in [5.74, 6) is -0.0113. The molecule has 1 aliphatic rings. The van der Waals surface area contributed by atoms with Crippen LogP contribution in [0, 0.1) is 6.92 Å². The van der Waals surface area contributed by atoms with E-state index < -0.39 is 10.0 Å². The van der Waals surface area contributed by atoms with Crippen LogP contribution >= 0.6 is 22.9 Å². The highest BCUT2D eigenvalue weighted by atomic mass is 35.5. The van der Waals surface area contributed by atoms with E-state index in [2.05, 4.69) is 9.71 Å². The summed E-state index contributed by atoms with van der Waals surface area (Å²) in [5, 5.41) is 3.09. The number of nitrogens with zero attached hydrogens (tertiary/aromatic N) is 3. The molecule has 0 radical (unpaired) electrons. The summed E-state index contributed by atoms with van der Waals surface area (Å²) >= 11 is 7.58. The fourth-order valence-electron chi connectivity index (χ4n) is 3.70.